The Morgan fingerprint density at radius 3 is 2.57 bits per heavy atom. The number of thiocarbonyl (C=S) groups is 1. The zero-order valence-electron chi connectivity index (χ0n) is 16.9. The van der Waals surface area contributed by atoms with Gasteiger partial charge >= 0.3 is 0 Å². The summed E-state index contributed by atoms with van der Waals surface area (Å²) in [5.74, 6) is 1.62. The fraction of sp³-hybridized carbons (Fsp3) is 0.273. The van der Waals surface area contributed by atoms with Gasteiger partial charge in [-0.3, -0.25) is 4.79 Å². The number of methoxy groups -OCH3 is 1. The number of ether oxygens (including phenoxy) is 3. The Labute approximate surface area is 190 Å². The van der Waals surface area contributed by atoms with E-state index >= 15 is 0 Å². The van der Waals surface area contributed by atoms with Gasteiger partial charge in [0.2, 0.25) is 0 Å². The molecule has 2 aromatic rings. The molecule has 0 bridgehead atoms. The SMILES string of the molecule is COc1cc(/C=C2/SC(=S)NC2=O)cc(Cl)c1OCCCOc1ccc(C)cc1C. The van der Waals surface area contributed by atoms with Gasteiger partial charge in [-0.05, 0) is 49.2 Å². The lowest BCUT2D eigenvalue weighted by atomic mass is 10.1. The first-order chi connectivity index (χ1) is 14.4. The molecule has 1 amide bonds. The van der Waals surface area contributed by atoms with Crippen molar-refractivity contribution < 1.29 is 19.0 Å². The summed E-state index contributed by atoms with van der Waals surface area (Å²) in [6.45, 7) is 5.04. The van der Waals surface area contributed by atoms with Crippen LogP contribution in [-0.4, -0.2) is 30.6 Å². The standard InChI is InChI=1S/C22H22ClNO4S2/c1-13-5-6-17(14(2)9-13)27-7-4-8-28-20-16(23)10-15(11-18(20)26-3)12-19-21(25)24-22(29)30-19/h5-6,9-12H,4,7-8H2,1-3H3,(H,24,25,29)/b19-12+. The molecule has 8 heteroatoms. The molecule has 0 radical (unpaired) electrons. The second kappa shape index (κ2) is 10.2. The zero-order chi connectivity index (χ0) is 21.7. The molecule has 2 aromatic carbocycles. The van der Waals surface area contributed by atoms with Crippen molar-refractivity contribution in [3.8, 4) is 17.2 Å². The Balaban J connectivity index is 1.60. The van der Waals surface area contributed by atoms with Gasteiger partial charge in [-0.2, -0.15) is 0 Å². The highest BCUT2D eigenvalue weighted by molar-refractivity contribution is 8.26. The highest BCUT2D eigenvalue weighted by atomic mass is 35.5. The molecule has 0 atom stereocenters. The third kappa shape index (κ3) is 5.68. The molecule has 1 N–H and O–H groups in total. The van der Waals surface area contributed by atoms with E-state index in [0.717, 1.165) is 16.9 Å². The molecule has 1 heterocycles. The Morgan fingerprint density at radius 1 is 1.13 bits per heavy atom. The predicted molar refractivity (Wildman–Crippen MR) is 126 cm³/mol. The van der Waals surface area contributed by atoms with Gasteiger partial charge in [0, 0.05) is 6.42 Å². The van der Waals surface area contributed by atoms with E-state index < -0.39 is 0 Å². The average molecular weight is 464 g/mol. The normalized spacial score (nSPS) is 14.7. The largest absolute Gasteiger partial charge is 0.493 e. The highest BCUT2D eigenvalue weighted by Gasteiger charge is 2.22. The number of rotatable bonds is 8. The molecule has 0 aliphatic carbocycles. The van der Waals surface area contributed by atoms with E-state index in [9.17, 15) is 4.79 Å². The molecular formula is C22H22ClNO4S2. The van der Waals surface area contributed by atoms with Crippen LogP contribution >= 0.6 is 35.6 Å². The fourth-order valence-electron chi connectivity index (χ4n) is 2.91. The zero-order valence-corrected chi connectivity index (χ0v) is 19.3. The van der Waals surface area contributed by atoms with Crippen LogP contribution in [0.25, 0.3) is 6.08 Å². The Hall–Kier alpha value is -2.22. The summed E-state index contributed by atoms with van der Waals surface area (Å²) in [6, 6.07) is 9.60. The molecule has 1 fully saturated rings. The number of hydrogen-bond acceptors (Lipinski definition) is 6. The van der Waals surface area contributed by atoms with E-state index in [0.29, 0.717) is 45.4 Å². The average Bonchev–Trinajstić information content (AvgIpc) is 3.00. The van der Waals surface area contributed by atoms with Crippen LogP contribution in [0, 0.1) is 13.8 Å². The van der Waals surface area contributed by atoms with Crippen molar-refractivity contribution in [1.82, 2.24) is 5.32 Å². The van der Waals surface area contributed by atoms with Gasteiger partial charge in [-0.15, -0.1) is 0 Å². The second-order valence-electron chi connectivity index (χ2n) is 6.71. The van der Waals surface area contributed by atoms with Crippen LogP contribution < -0.4 is 19.5 Å². The molecule has 30 heavy (non-hydrogen) atoms. The molecule has 0 spiro atoms. The Bertz CT molecular complexity index is 1010. The molecule has 1 saturated heterocycles. The maximum Gasteiger partial charge on any atom is 0.263 e. The van der Waals surface area contributed by atoms with E-state index in [1.165, 1.54) is 17.3 Å². The third-order valence-electron chi connectivity index (χ3n) is 4.31. The van der Waals surface area contributed by atoms with Crippen LogP contribution in [0.4, 0.5) is 0 Å². The molecule has 3 rings (SSSR count). The summed E-state index contributed by atoms with van der Waals surface area (Å²) in [5, 5.41) is 2.99. The molecule has 1 aliphatic heterocycles. The molecule has 0 saturated carbocycles. The van der Waals surface area contributed by atoms with E-state index in [-0.39, 0.29) is 5.91 Å². The number of amides is 1. The van der Waals surface area contributed by atoms with Gasteiger partial charge in [0.25, 0.3) is 5.91 Å². The van der Waals surface area contributed by atoms with E-state index in [1.54, 1.807) is 25.3 Å². The van der Waals surface area contributed by atoms with Crippen LogP contribution in [-0.2, 0) is 4.79 Å². The highest BCUT2D eigenvalue weighted by Crippen LogP contribution is 2.38. The van der Waals surface area contributed by atoms with Crippen LogP contribution in [0.5, 0.6) is 17.2 Å². The minimum absolute atomic E-state index is 0.218. The molecule has 158 valence electrons. The van der Waals surface area contributed by atoms with Crippen molar-refractivity contribution >= 4 is 51.9 Å². The van der Waals surface area contributed by atoms with Crippen LogP contribution in [0.15, 0.2) is 35.2 Å². The summed E-state index contributed by atoms with van der Waals surface area (Å²) in [5.41, 5.74) is 3.05. The first-order valence-corrected chi connectivity index (χ1v) is 10.9. The first-order valence-electron chi connectivity index (χ1n) is 9.32. The summed E-state index contributed by atoms with van der Waals surface area (Å²) < 4.78 is 17.5. The lowest BCUT2D eigenvalue weighted by molar-refractivity contribution is -0.115. The Kier molecular flexibility index (Phi) is 7.64. The fourth-order valence-corrected chi connectivity index (χ4v) is 4.23. The molecule has 5 nitrogen and oxygen atoms in total. The van der Waals surface area contributed by atoms with Gasteiger partial charge in [0.05, 0.1) is 30.3 Å². The smallest absolute Gasteiger partial charge is 0.263 e. The van der Waals surface area contributed by atoms with Gasteiger partial charge < -0.3 is 19.5 Å². The lowest BCUT2D eigenvalue weighted by Crippen LogP contribution is -2.17. The summed E-state index contributed by atoms with van der Waals surface area (Å²) in [6.07, 6.45) is 2.40. The summed E-state index contributed by atoms with van der Waals surface area (Å²) in [7, 11) is 1.55. The molecule has 1 aliphatic rings. The van der Waals surface area contributed by atoms with Crippen molar-refractivity contribution in [2.24, 2.45) is 0 Å². The van der Waals surface area contributed by atoms with E-state index in [2.05, 4.69) is 18.3 Å². The van der Waals surface area contributed by atoms with Crippen molar-refractivity contribution in [2.75, 3.05) is 20.3 Å². The van der Waals surface area contributed by atoms with Crippen LogP contribution in [0.3, 0.4) is 0 Å². The van der Waals surface area contributed by atoms with E-state index in [1.807, 2.05) is 19.1 Å². The maximum atomic E-state index is 11.8. The topological polar surface area (TPSA) is 56.8 Å². The third-order valence-corrected chi connectivity index (χ3v) is 5.76. The van der Waals surface area contributed by atoms with Gasteiger partial charge in [-0.1, -0.05) is 53.3 Å². The number of halogens is 1. The van der Waals surface area contributed by atoms with Crippen LogP contribution in [0.1, 0.15) is 23.1 Å². The number of hydrogen-bond donors (Lipinski definition) is 1. The summed E-state index contributed by atoms with van der Waals surface area (Å²) >= 11 is 12.6. The number of aryl methyl sites for hydroxylation is 2. The molecular weight excluding hydrogens is 442 g/mol. The summed E-state index contributed by atoms with van der Waals surface area (Å²) in [4.78, 5) is 12.4. The van der Waals surface area contributed by atoms with Gasteiger partial charge in [-0.25, -0.2) is 0 Å². The van der Waals surface area contributed by atoms with Crippen LogP contribution in [0.2, 0.25) is 5.02 Å². The van der Waals surface area contributed by atoms with Gasteiger partial charge in [0.15, 0.2) is 11.5 Å². The van der Waals surface area contributed by atoms with Crippen molar-refractivity contribution in [3.05, 3.63) is 56.9 Å². The second-order valence-corrected chi connectivity index (χ2v) is 8.83. The van der Waals surface area contributed by atoms with Crippen molar-refractivity contribution in [2.45, 2.75) is 20.3 Å². The lowest BCUT2D eigenvalue weighted by Gasteiger charge is -2.14. The number of carbonyl (C=O) groups excluding carboxylic acids is 1. The number of carbonyl (C=O) groups is 1. The predicted octanol–water partition coefficient (Wildman–Crippen LogP) is 5.30. The minimum atomic E-state index is -0.218. The number of benzene rings is 2. The van der Waals surface area contributed by atoms with Crippen molar-refractivity contribution in [3.63, 3.8) is 0 Å². The molecule has 0 aromatic heterocycles. The Morgan fingerprint density at radius 2 is 1.90 bits per heavy atom. The minimum Gasteiger partial charge on any atom is -0.493 e. The number of nitrogens with one attached hydrogen (secondary N) is 1. The molecule has 0 unspecified atom stereocenters. The monoisotopic (exact) mass is 463 g/mol. The quantitative estimate of drug-likeness (QED) is 0.325. The van der Waals surface area contributed by atoms with E-state index in [4.69, 9.17) is 38.0 Å². The maximum absolute atomic E-state index is 11.8. The van der Waals surface area contributed by atoms with Gasteiger partial charge in [0.1, 0.15) is 10.1 Å². The number of thioether (sulfide) groups is 1. The van der Waals surface area contributed by atoms with Crippen molar-refractivity contribution in [1.29, 1.82) is 0 Å². The first kappa shape index (κ1) is 22.5.